The van der Waals surface area contributed by atoms with Crippen LogP contribution in [0.5, 0.6) is 0 Å². The number of nitrogens with one attached hydrogen (secondary N) is 1. The number of likely N-dealkylation sites (tertiary alicyclic amines) is 1. The van der Waals surface area contributed by atoms with Crippen molar-refractivity contribution in [3.8, 4) is 0 Å². The summed E-state index contributed by atoms with van der Waals surface area (Å²) in [5.74, 6) is 1.19. The summed E-state index contributed by atoms with van der Waals surface area (Å²) in [4.78, 5) is 24.1. The zero-order valence-electron chi connectivity index (χ0n) is 18.4. The highest BCUT2D eigenvalue weighted by molar-refractivity contribution is 5.80. The number of amides is 1. The Balaban J connectivity index is 1.52. The number of piperazine rings is 1. The van der Waals surface area contributed by atoms with Crippen molar-refractivity contribution in [3.05, 3.63) is 35.4 Å². The second kappa shape index (κ2) is 11.9. The Morgan fingerprint density at radius 2 is 1.63 bits per heavy atom. The second-order valence-corrected chi connectivity index (χ2v) is 8.16. The third kappa shape index (κ3) is 6.44. The summed E-state index contributed by atoms with van der Waals surface area (Å²) in [6.45, 7) is 9.32. The fraction of sp³-hybridized carbons (Fsp3) is 0.652. The van der Waals surface area contributed by atoms with Crippen molar-refractivity contribution in [2.75, 3.05) is 52.4 Å². The Bertz CT molecular complexity index is 693. The van der Waals surface area contributed by atoms with Crippen LogP contribution in [0, 0.1) is 0 Å². The van der Waals surface area contributed by atoms with Crippen LogP contribution in [0.2, 0.25) is 0 Å². The van der Waals surface area contributed by atoms with E-state index in [1.54, 1.807) is 0 Å². The van der Waals surface area contributed by atoms with E-state index in [9.17, 15) is 9.90 Å². The monoisotopic (exact) mass is 415 g/mol. The third-order valence-corrected chi connectivity index (χ3v) is 6.01. The largest absolute Gasteiger partial charge is 0.392 e. The molecule has 7 nitrogen and oxygen atoms in total. The Morgan fingerprint density at radius 1 is 0.967 bits per heavy atom. The lowest BCUT2D eigenvalue weighted by atomic mass is 10.1. The van der Waals surface area contributed by atoms with Crippen molar-refractivity contribution in [3.63, 3.8) is 0 Å². The minimum absolute atomic E-state index is 0.0337. The number of hydrogen-bond acceptors (Lipinski definition) is 4. The number of guanidine groups is 1. The highest BCUT2D eigenvalue weighted by Crippen LogP contribution is 2.12. The van der Waals surface area contributed by atoms with E-state index in [1.165, 1.54) is 12.8 Å². The maximum atomic E-state index is 12.7. The molecule has 0 aromatic heterocycles. The molecule has 2 heterocycles. The molecule has 2 saturated heterocycles. The van der Waals surface area contributed by atoms with Gasteiger partial charge in [0.15, 0.2) is 5.96 Å². The zero-order valence-corrected chi connectivity index (χ0v) is 18.4. The van der Waals surface area contributed by atoms with Crippen molar-refractivity contribution in [2.45, 2.75) is 45.8 Å². The molecule has 7 heteroatoms. The minimum Gasteiger partial charge on any atom is -0.392 e. The van der Waals surface area contributed by atoms with Gasteiger partial charge in [0.25, 0.3) is 0 Å². The van der Waals surface area contributed by atoms with E-state index >= 15 is 0 Å². The van der Waals surface area contributed by atoms with Crippen molar-refractivity contribution >= 4 is 11.9 Å². The molecular weight excluding hydrogens is 378 g/mol. The predicted octanol–water partition coefficient (Wildman–Crippen LogP) is 1.66. The van der Waals surface area contributed by atoms with Crippen LogP contribution in [0.4, 0.5) is 0 Å². The van der Waals surface area contributed by atoms with Crippen LogP contribution >= 0.6 is 0 Å². The molecule has 0 atom stereocenters. The molecule has 2 aliphatic heterocycles. The van der Waals surface area contributed by atoms with E-state index in [-0.39, 0.29) is 12.5 Å². The molecule has 0 radical (unpaired) electrons. The average molecular weight is 416 g/mol. The summed E-state index contributed by atoms with van der Waals surface area (Å²) < 4.78 is 0. The van der Waals surface area contributed by atoms with Crippen LogP contribution < -0.4 is 5.32 Å². The molecule has 0 aliphatic carbocycles. The van der Waals surface area contributed by atoms with Gasteiger partial charge in [-0.25, -0.2) is 4.99 Å². The Hall–Kier alpha value is -2.12. The van der Waals surface area contributed by atoms with Crippen molar-refractivity contribution in [2.24, 2.45) is 4.99 Å². The summed E-state index contributed by atoms with van der Waals surface area (Å²) in [7, 11) is 0. The topological polar surface area (TPSA) is 71.4 Å². The van der Waals surface area contributed by atoms with Crippen LogP contribution in [-0.2, 0) is 17.9 Å². The summed E-state index contributed by atoms with van der Waals surface area (Å²) in [5.41, 5.74) is 1.98. The molecule has 2 fully saturated rings. The number of aliphatic hydroxyl groups excluding tert-OH is 1. The van der Waals surface area contributed by atoms with Crippen LogP contribution in [-0.4, -0.2) is 84.0 Å². The number of carbonyl (C=O) groups excluding carboxylic acids is 1. The molecule has 30 heavy (non-hydrogen) atoms. The second-order valence-electron chi connectivity index (χ2n) is 8.16. The maximum absolute atomic E-state index is 12.7. The number of aliphatic hydroxyl groups is 1. The lowest BCUT2D eigenvalue weighted by molar-refractivity contribution is -0.132. The lowest BCUT2D eigenvalue weighted by Gasteiger charge is -2.37. The molecule has 1 aromatic carbocycles. The van der Waals surface area contributed by atoms with E-state index in [0.717, 1.165) is 75.7 Å². The molecular formula is C23H37N5O2. The fourth-order valence-electron chi connectivity index (χ4n) is 4.18. The van der Waals surface area contributed by atoms with Gasteiger partial charge in [0.2, 0.25) is 5.91 Å². The van der Waals surface area contributed by atoms with Crippen LogP contribution in [0.1, 0.15) is 43.7 Å². The van der Waals surface area contributed by atoms with Crippen LogP contribution in [0.3, 0.4) is 0 Å². The number of benzene rings is 1. The predicted molar refractivity (Wildman–Crippen MR) is 120 cm³/mol. The van der Waals surface area contributed by atoms with E-state index < -0.39 is 0 Å². The van der Waals surface area contributed by atoms with Gasteiger partial charge in [-0.3, -0.25) is 9.69 Å². The van der Waals surface area contributed by atoms with E-state index in [2.05, 4.69) is 26.9 Å². The van der Waals surface area contributed by atoms with Crippen molar-refractivity contribution in [1.82, 2.24) is 20.0 Å². The first-order valence-corrected chi connectivity index (χ1v) is 11.4. The van der Waals surface area contributed by atoms with Gasteiger partial charge in [0, 0.05) is 45.8 Å². The zero-order chi connectivity index (χ0) is 21.2. The Morgan fingerprint density at radius 3 is 2.27 bits per heavy atom. The van der Waals surface area contributed by atoms with Gasteiger partial charge in [0.05, 0.1) is 19.7 Å². The number of hydrogen-bond donors (Lipinski definition) is 2. The first kappa shape index (κ1) is 22.6. The van der Waals surface area contributed by atoms with E-state index in [0.29, 0.717) is 13.1 Å². The number of nitrogens with zero attached hydrogens (tertiary/aromatic N) is 4. The molecule has 0 spiro atoms. The van der Waals surface area contributed by atoms with Crippen molar-refractivity contribution < 1.29 is 9.90 Å². The Labute approximate surface area is 180 Å². The quantitative estimate of drug-likeness (QED) is 0.546. The third-order valence-electron chi connectivity index (χ3n) is 6.01. The SMILES string of the molecule is CCNC(=NCc1ccccc1CO)N1CCN(CC(=O)N2CCCCCC2)CC1. The standard InChI is InChI=1S/C23H37N5O2/c1-2-24-23(25-17-20-9-5-6-10-21(20)19-29)28-15-13-26(14-16-28)18-22(30)27-11-7-3-4-8-12-27/h5-6,9-10,29H,2-4,7-8,11-19H2,1H3,(H,24,25). The van der Waals surface area contributed by atoms with E-state index in [1.807, 2.05) is 24.3 Å². The first-order chi connectivity index (χ1) is 14.7. The highest BCUT2D eigenvalue weighted by atomic mass is 16.3. The van der Waals surface area contributed by atoms with Gasteiger partial charge in [0.1, 0.15) is 0 Å². The van der Waals surface area contributed by atoms with Gasteiger partial charge < -0.3 is 20.2 Å². The molecule has 166 valence electrons. The molecule has 3 rings (SSSR count). The summed E-state index contributed by atoms with van der Waals surface area (Å²) in [5, 5.41) is 12.9. The lowest BCUT2D eigenvalue weighted by Crippen LogP contribution is -2.54. The summed E-state index contributed by atoms with van der Waals surface area (Å²) in [6.07, 6.45) is 4.78. The van der Waals surface area contributed by atoms with Gasteiger partial charge in [-0.2, -0.15) is 0 Å². The molecule has 0 unspecified atom stereocenters. The van der Waals surface area contributed by atoms with Gasteiger partial charge in [-0.15, -0.1) is 0 Å². The summed E-state index contributed by atoms with van der Waals surface area (Å²) in [6, 6.07) is 7.88. The van der Waals surface area contributed by atoms with Crippen molar-refractivity contribution in [1.29, 1.82) is 0 Å². The molecule has 0 bridgehead atoms. The van der Waals surface area contributed by atoms with Gasteiger partial charge >= 0.3 is 0 Å². The van der Waals surface area contributed by atoms with Gasteiger partial charge in [-0.1, -0.05) is 37.1 Å². The highest BCUT2D eigenvalue weighted by Gasteiger charge is 2.23. The fourth-order valence-corrected chi connectivity index (χ4v) is 4.18. The maximum Gasteiger partial charge on any atom is 0.236 e. The van der Waals surface area contributed by atoms with E-state index in [4.69, 9.17) is 4.99 Å². The number of rotatable bonds is 6. The normalized spacial score (nSPS) is 18.9. The van der Waals surface area contributed by atoms with Gasteiger partial charge in [-0.05, 0) is 30.9 Å². The van der Waals surface area contributed by atoms with Crippen LogP contribution in [0.25, 0.3) is 0 Å². The minimum atomic E-state index is 0.0337. The number of aliphatic imine (C=N–C) groups is 1. The molecule has 1 aromatic rings. The smallest absolute Gasteiger partial charge is 0.236 e. The number of carbonyl (C=O) groups is 1. The van der Waals surface area contributed by atoms with Crippen LogP contribution in [0.15, 0.2) is 29.3 Å². The molecule has 2 N–H and O–H groups in total. The molecule has 2 aliphatic rings. The first-order valence-electron chi connectivity index (χ1n) is 11.4. The molecule has 0 saturated carbocycles. The molecule has 1 amide bonds. The average Bonchev–Trinajstić information content (AvgIpc) is 3.07. The Kier molecular flexibility index (Phi) is 8.96. The summed E-state index contributed by atoms with van der Waals surface area (Å²) >= 11 is 0.